The van der Waals surface area contributed by atoms with Crippen LogP contribution < -0.4 is 5.32 Å². The summed E-state index contributed by atoms with van der Waals surface area (Å²) in [6, 6.07) is 1.53. The van der Waals surface area contributed by atoms with Crippen LogP contribution in [0.2, 0.25) is 0 Å². The molecule has 1 aliphatic heterocycles. The first-order valence-corrected chi connectivity index (χ1v) is 8.18. The minimum Gasteiger partial charge on any atom is -0.314 e. The average Bonchev–Trinajstić information content (AvgIpc) is 3.21. The third-order valence-corrected chi connectivity index (χ3v) is 5.21. The molecular formula is C16H33N3. The Labute approximate surface area is 119 Å². The molecular weight excluding hydrogens is 234 g/mol. The summed E-state index contributed by atoms with van der Waals surface area (Å²) >= 11 is 0. The fraction of sp³-hybridized carbons (Fsp3) is 1.00. The van der Waals surface area contributed by atoms with Gasteiger partial charge in [-0.2, -0.15) is 0 Å². The normalized spacial score (nSPS) is 25.7. The molecule has 0 bridgehead atoms. The van der Waals surface area contributed by atoms with Crippen LogP contribution in [0.25, 0.3) is 0 Å². The molecule has 0 radical (unpaired) electrons. The predicted molar refractivity (Wildman–Crippen MR) is 82.5 cm³/mol. The minimum atomic E-state index is 0.686. The van der Waals surface area contributed by atoms with E-state index in [2.05, 4.69) is 43.1 Å². The molecule has 0 spiro atoms. The van der Waals surface area contributed by atoms with Gasteiger partial charge in [0.2, 0.25) is 0 Å². The number of nitrogens with zero attached hydrogens (tertiary/aromatic N) is 2. The van der Waals surface area contributed by atoms with Crippen LogP contribution in [0.5, 0.6) is 0 Å². The highest BCUT2D eigenvalue weighted by Gasteiger charge is 2.25. The Kier molecular flexibility index (Phi) is 5.67. The van der Waals surface area contributed by atoms with Crippen molar-refractivity contribution in [3.63, 3.8) is 0 Å². The number of piperidine rings is 1. The molecule has 0 amide bonds. The predicted octanol–water partition coefficient (Wildman–Crippen LogP) is 2.04. The smallest absolute Gasteiger partial charge is 0.0102 e. The molecule has 0 aromatic carbocycles. The third-order valence-electron chi connectivity index (χ3n) is 5.21. The fourth-order valence-corrected chi connectivity index (χ4v) is 3.06. The summed E-state index contributed by atoms with van der Waals surface area (Å²) in [6.45, 7) is 9.82. The van der Waals surface area contributed by atoms with Crippen molar-refractivity contribution in [2.75, 3.05) is 40.3 Å². The molecule has 112 valence electrons. The van der Waals surface area contributed by atoms with Crippen LogP contribution in [0.1, 0.15) is 39.5 Å². The van der Waals surface area contributed by atoms with Crippen LogP contribution in [0, 0.1) is 11.8 Å². The van der Waals surface area contributed by atoms with Gasteiger partial charge in [0.15, 0.2) is 0 Å². The molecule has 2 unspecified atom stereocenters. The summed E-state index contributed by atoms with van der Waals surface area (Å²) in [5.74, 6) is 1.66. The van der Waals surface area contributed by atoms with Gasteiger partial charge in [0.05, 0.1) is 0 Å². The maximum Gasteiger partial charge on any atom is 0.0102 e. The van der Waals surface area contributed by atoms with Gasteiger partial charge in [-0.1, -0.05) is 6.92 Å². The molecule has 2 aliphatic rings. The van der Waals surface area contributed by atoms with Crippen LogP contribution in [0.15, 0.2) is 0 Å². The fourth-order valence-electron chi connectivity index (χ4n) is 3.06. The maximum atomic E-state index is 3.67. The van der Waals surface area contributed by atoms with Crippen molar-refractivity contribution in [3.05, 3.63) is 0 Å². The first kappa shape index (κ1) is 15.3. The van der Waals surface area contributed by atoms with E-state index in [-0.39, 0.29) is 0 Å². The molecule has 1 saturated heterocycles. The Morgan fingerprint density at radius 3 is 2.37 bits per heavy atom. The Bertz CT molecular complexity index is 257. The van der Waals surface area contributed by atoms with Crippen LogP contribution in [0.4, 0.5) is 0 Å². The van der Waals surface area contributed by atoms with Crippen molar-refractivity contribution in [1.82, 2.24) is 15.1 Å². The standard InChI is InChI=1S/C16H33N3/c1-13(11-17-16-5-6-16)14(2)19(4)12-15-7-9-18(3)10-8-15/h13-17H,5-12H2,1-4H3. The Hall–Kier alpha value is -0.120. The van der Waals surface area contributed by atoms with Crippen molar-refractivity contribution in [2.45, 2.75) is 51.6 Å². The molecule has 3 nitrogen and oxygen atoms in total. The van der Waals surface area contributed by atoms with E-state index >= 15 is 0 Å². The number of nitrogens with one attached hydrogen (secondary N) is 1. The van der Waals surface area contributed by atoms with Gasteiger partial charge >= 0.3 is 0 Å². The Morgan fingerprint density at radius 2 is 1.79 bits per heavy atom. The largest absolute Gasteiger partial charge is 0.314 e. The number of rotatable bonds is 7. The lowest BCUT2D eigenvalue weighted by atomic mass is 9.94. The van der Waals surface area contributed by atoms with E-state index in [1.807, 2.05) is 0 Å². The minimum absolute atomic E-state index is 0.686. The third kappa shape index (κ3) is 5.05. The quantitative estimate of drug-likeness (QED) is 0.761. The van der Waals surface area contributed by atoms with Gasteiger partial charge in [-0.25, -0.2) is 0 Å². The zero-order valence-electron chi connectivity index (χ0n) is 13.4. The molecule has 1 N–H and O–H groups in total. The second-order valence-corrected chi connectivity index (χ2v) is 7.09. The summed E-state index contributed by atoms with van der Waals surface area (Å²) in [4.78, 5) is 5.05. The second kappa shape index (κ2) is 7.05. The van der Waals surface area contributed by atoms with E-state index in [0.29, 0.717) is 6.04 Å². The summed E-state index contributed by atoms with van der Waals surface area (Å²) in [7, 11) is 4.56. The highest BCUT2D eigenvalue weighted by Crippen LogP contribution is 2.21. The van der Waals surface area contributed by atoms with E-state index in [0.717, 1.165) is 17.9 Å². The van der Waals surface area contributed by atoms with E-state index in [4.69, 9.17) is 0 Å². The lowest BCUT2D eigenvalue weighted by molar-refractivity contribution is 0.132. The monoisotopic (exact) mass is 267 g/mol. The van der Waals surface area contributed by atoms with Gasteiger partial charge < -0.3 is 15.1 Å². The SMILES string of the molecule is CC(CNC1CC1)C(C)N(C)CC1CCN(C)CC1. The topological polar surface area (TPSA) is 18.5 Å². The van der Waals surface area contributed by atoms with Gasteiger partial charge in [0.25, 0.3) is 0 Å². The highest BCUT2D eigenvalue weighted by atomic mass is 15.1. The summed E-state index contributed by atoms with van der Waals surface area (Å²) in [5, 5.41) is 3.67. The van der Waals surface area contributed by atoms with Crippen molar-refractivity contribution in [2.24, 2.45) is 11.8 Å². The maximum absolute atomic E-state index is 3.67. The molecule has 2 rings (SSSR count). The van der Waals surface area contributed by atoms with E-state index in [1.165, 1.54) is 51.9 Å². The molecule has 0 aromatic rings. The Balaban J connectivity index is 1.66. The summed E-state index contributed by atoms with van der Waals surface area (Å²) in [5.41, 5.74) is 0. The van der Waals surface area contributed by atoms with Crippen LogP contribution in [-0.2, 0) is 0 Å². The van der Waals surface area contributed by atoms with Crippen LogP contribution >= 0.6 is 0 Å². The van der Waals surface area contributed by atoms with Gasteiger partial charge in [-0.15, -0.1) is 0 Å². The van der Waals surface area contributed by atoms with Crippen LogP contribution in [-0.4, -0.2) is 62.2 Å². The lowest BCUT2D eigenvalue weighted by Gasteiger charge is -2.36. The number of hydrogen-bond donors (Lipinski definition) is 1. The lowest BCUT2D eigenvalue weighted by Crippen LogP contribution is -2.43. The zero-order valence-corrected chi connectivity index (χ0v) is 13.4. The highest BCUT2D eigenvalue weighted by molar-refractivity contribution is 4.83. The Morgan fingerprint density at radius 1 is 1.16 bits per heavy atom. The summed E-state index contributed by atoms with van der Waals surface area (Å²) in [6.07, 6.45) is 5.55. The van der Waals surface area contributed by atoms with Gasteiger partial charge in [0.1, 0.15) is 0 Å². The molecule has 1 heterocycles. The first-order valence-electron chi connectivity index (χ1n) is 8.18. The van der Waals surface area contributed by atoms with E-state index in [1.54, 1.807) is 0 Å². The van der Waals surface area contributed by atoms with Crippen LogP contribution in [0.3, 0.4) is 0 Å². The molecule has 1 saturated carbocycles. The van der Waals surface area contributed by atoms with E-state index < -0.39 is 0 Å². The summed E-state index contributed by atoms with van der Waals surface area (Å²) < 4.78 is 0. The zero-order chi connectivity index (χ0) is 13.8. The molecule has 2 fully saturated rings. The first-order chi connectivity index (χ1) is 9.06. The number of likely N-dealkylation sites (tertiary alicyclic amines) is 1. The molecule has 1 aliphatic carbocycles. The van der Waals surface area contributed by atoms with E-state index in [9.17, 15) is 0 Å². The average molecular weight is 267 g/mol. The van der Waals surface area contributed by atoms with Crippen molar-refractivity contribution in [3.8, 4) is 0 Å². The van der Waals surface area contributed by atoms with Gasteiger partial charge in [-0.3, -0.25) is 0 Å². The molecule has 2 atom stereocenters. The van der Waals surface area contributed by atoms with Gasteiger partial charge in [0, 0.05) is 18.6 Å². The molecule has 3 heteroatoms. The van der Waals surface area contributed by atoms with Crippen molar-refractivity contribution in [1.29, 1.82) is 0 Å². The molecule has 19 heavy (non-hydrogen) atoms. The van der Waals surface area contributed by atoms with Crippen molar-refractivity contribution >= 4 is 0 Å². The second-order valence-electron chi connectivity index (χ2n) is 7.09. The molecule has 0 aromatic heterocycles. The number of hydrogen-bond acceptors (Lipinski definition) is 3. The van der Waals surface area contributed by atoms with Gasteiger partial charge in [-0.05, 0) is 78.2 Å². The van der Waals surface area contributed by atoms with Crippen molar-refractivity contribution < 1.29 is 0 Å².